The van der Waals surface area contributed by atoms with E-state index in [4.69, 9.17) is 11.6 Å². The molecular weight excluding hydrogens is 276 g/mol. The van der Waals surface area contributed by atoms with Gasteiger partial charge in [-0.1, -0.05) is 29.8 Å². The number of nitrogens with zero attached hydrogens (tertiary/aromatic N) is 2. The van der Waals surface area contributed by atoms with E-state index in [9.17, 15) is 9.90 Å². The number of pyridine rings is 1. The zero-order valence-corrected chi connectivity index (χ0v) is 11.4. The Morgan fingerprint density at radius 3 is 2.60 bits per heavy atom. The van der Waals surface area contributed by atoms with Gasteiger partial charge in [0.15, 0.2) is 5.69 Å². The van der Waals surface area contributed by atoms with Crippen molar-refractivity contribution < 1.29 is 9.90 Å². The second-order valence-electron chi connectivity index (χ2n) is 4.51. The van der Waals surface area contributed by atoms with Crippen LogP contribution in [0.15, 0.2) is 42.6 Å². The summed E-state index contributed by atoms with van der Waals surface area (Å²) in [5, 5.41) is 10.1. The number of carboxylic acids is 1. The van der Waals surface area contributed by atoms with Crippen LogP contribution in [0.4, 0.5) is 0 Å². The zero-order valence-electron chi connectivity index (χ0n) is 10.7. The summed E-state index contributed by atoms with van der Waals surface area (Å²) in [6.45, 7) is 1.90. The minimum Gasteiger partial charge on any atom is -0.476 e. The lowest BCUT2D eigenvalue weighted by Gasteiger charge is -2.01. The average Bonchev–Trinajstić information content (AvgIpc) is 2.80. The van der Waals surface area contributed by atoms with Gasteiger partial charge in [0, 0.05) is 16.8 Å². The van der Waals surface area contributed by atoms with Crippen molar-refractivity contribution >= 4 is 23.2 Å². The van der Waals surface area contributed by atoms with Crippen LogP contribution in [0.2, 0.25) is 5.02 Å². The molecule has 0 saturated heterocycles. The van der Waals surface area contributed by atoms with E-state index in [1.54, 1.807) is 34.9 Å². The number of carboxylic acid groups (broad SMARTS) is 1. The molecule has 0 amide bonds. The van der Waals surface area contributed by atoms with Crippen molar-refractivity contribution in [1.29, 1.82) is 0 Å². The van der Waals surface area contributed by atoms with Crippen molar-refractivity contribution in [2.45, 2.75) is 6.92 Å². The van der Waals surface area contributed by atoms with E-state index in [0.29, 0.717) is 16.4 Å². The molecule has 0 unspecified atom stereocenters. The number of carbonyl (C=O) groups is 1. The molecule has 0 spiro atoms. The van der Waals surface area contributed by atoms with Gasteiger partial charge in [0.1, 0.15) is 11.3 Å². The number of halogens is 1. The van der Waals surface area contributed by atoms with Crippen molar-refractivity contribution in [3.63, 3.8) is 0 Å². The van der Waals surface area contributed by atoms with Crippen LogP contribution < -0.4 is 0 Å². The Hall–Kier alpha value is -2.33. The van der Waals surface area contributed by atoms with Gasteiger partial charge in [0.25, 0.3) is 0 Å². The van der Waals surface area contributed by atoms with Crippen molar-refractivity contribution in [2.75, 3.05) is 0 Å². The lowest BCUT2D eigenvalue weighted by molar-refractivity contribution is 0.0690. The number of fused-ring (bicyclic) bond motifs is 1. The molecule has 3 aromatic rings. The van der Waals surface area contributed by atoms with Gasteiger partial charge in [0.05, 0.1) is 0 Å². The van der Waals surface area contributed by atoms with Crippen LogP contribution in [-0.4, -0.2) is 20.5 Å². The fourth-order valence-electron chi connectivity index (χ4n) is 2.22. The number of hydrogen-bond donors (Lipinski definition) is 1. The predicted octanol–water partition coefficient (Wildman–Crippen LogP) is 3.66. The summed E-state index contributed by atoms with van der Waals surface area (Å²) in [6.07, 6.45) is 1.71. The summed E-state index contributed by atoms with van der Waals surface area (Å²) < 4.78 is 1.60. The highest BCUT2D eigenvalue weighted by Gasteiger charge is 2.20. The largest absolute Gasteiger partial charge is 0.476 e. The molecule has 20 heavy (non-hydrogen) atoms. The third-order valence-electron chi connectivity index (χ3n) is 3.17. The maximum atomic E-state index is 11.6. The zero-order chi connectivity index (χ0) is 14.3. The quantitative estimate of drug-likeness (QED) is 0.782. The number of rotatable bonds is 2. The molecule has 1 N–H and O–H groups in total. The molecule has 0 radical (unpaired) electrons. The van der Waals surface area contributed by atoms with E-state index in [1.165, 1.54) is 0 Å². The highest BCUT2D eigenvalue weighted by molar-refractivity contribution is 6.30. The normalized spacial score (nSPS) is 10.9. The van der Waals surface area contributed by atoms with Crippen molar-refractivity contribution in [2.24, 2.45) is 0 Å². The second-order valence-corrected chi connectivity index (χ2v) is 4.94. The molecule has 3 rings (SSSR count). The summed E-state index contributed by atoms with van der Waals surface area (Å²) >= 11 is 5.86. The Kier molecular flexibility index (Phi) is 2.95. The van der Waals surface area contributed by atoms with Gasteiger partial charge in [-0.3, -0.25) is 4.40 Å². The van der Waals surface area contributed by atoms with Crippen molar-refractivity contribution in [3.8, 4) is 11.3 Å². The molecule has 0 aliphatic carbocycles. The molecule has 2 aromatic heterocycles. The molecule has 2 heterocycles. The molecule has 0 aliphatic rings. The Morgan fingerprint density at radius 1 is 1.25 bits per heavy atom. The molecule has 4 nitrogen and oxygen atoms in total. The predicted molar refractivity (Wildman–Crippen MR) is 77.3 cm³/mol. The molecule has 100 valence electrons. The number of benzene rings is 1. The minimum absolute atomic E-state index is 0.158. The van der Waals surface area contributed by atoms with Crippen LogP contribution in [-0.2, 0) is 0 Å². The minimum atomic E-state index is -1.01. The third kappa shape index (κ3) is 1.94. The first-order valence-corrected chi connectivity index (χ1v) is 6.42. The highest BCUT2D eigenvalue weighted by Crippen LogP contribution is 2.26. The fraction of sp³-hybridized carbons (Fsp3) is 0.0667. The number of aryl methyl sites for hydroxylation is 1. The molecule has 0 bridgehead atoms. The number of aromatic carboxylic acids is 1. The standard InChI is InChI=1S/C15H11ClN2O2/c1-9-3-2-8-18-13(15(19)20)12(17-14(9)18)10-4-6-11(16)7-5-10/h2-8H,1H3,(H,19,20). The van der Waals surface area contributed by atoms with Crippen LogP contribution in [0.5, 0.6) is 0 Å². The monoisotopic (exact) mass is 286 g/mol. The van der Waals surface area contributed by atoms with E-state index in [1.807, 2.05) is 19.1 Å². The van der Waals surface area contributed by atoms with E-state index < -0.39 is 5.97 Å². The Balaban J connectivity index is 2.35. The van der Waals surface area contributed by atoms with Gasteiger partial charge in [-0.05, 0) is 30.7 Å². The first-order chi connectivity index (χ1) is 9.58. The molecule has 0 aliphatic heterocycles. The van der Waals surface area contributed by atoms with Crippen LogP contribution >= 0.6 is 11.6 Å². The molecule has 0 saturated carbocycles. The van der Waals surface area contributed by atoms with E-state index in [0.717, 1.165) is 11.1 Å². The Bertz CT molecular complexity index is 807. The maximum Gasteiger partial charge on any atom is 0.355 e. The van der Waals surface area contributed by atoms with Gasteiger partial charge in [-0.2, -0.15) is 0 Å². The second kappa shape index (κ2) is 4.65. The third-order valence-corrected chi connectivity index (χ3v) is 3.42. The van der Waals surface area contributed by atoms with E-state index >= 15 is 0 Å². The first-order valence-electron chi connectivity index (χ1n) is 6.05. The molecule has 5 heteroatoms. The summed E-state index contributed by atoms with van der Waals surface area (Å²) in [7, 11) is 0. The summed E-state index contributed by atoms with van der Waals surface area (Å²) in [5.74, 6) is -1.01. The molecule has 1 aromatic carbocycles. The van der Waals surface area contributed by atoms with E-state index in [-0.39, 0.29) is 5.69 Å². The SMILES string of the molecule is Cc1cccn2c(C(=O)O)c(-c3ccc(Cl)cc3)nc12. The van der Waals surface area contributed by atoms with Crippen LogP contribution in [0, 0.1) is 6.92 Å². The number of hydrogen-bond acceptors (Lipinski definition) is 2. The summed E-state index contributed by atoms with van der Waals surface area (Å²) in [4.78, 5) is 16.0. The van der Waals surface area contributed by atoms with Gasteiger partial charge in [-0.25, -0.2) is 9.78 Å². The highest BCUT2D eigenvalue weighted by atomic mass is 35.5. The van der Waals surface area contributed by atoms with Gasteiger partial charge >= 0.3 is 5.97 Å². The number of aromatic nitrogens is 2. The van der Waals surface area contributed by atoms with Crippen molar-refractivity contribution in [1.82, 2.24) is 9.38 Å². The van der Waals surface area contributed by atoms with E-state index in [2.05, 4.69) is 4.98 Å². The first kappa shape index (κ1) is 12.7. The summed E-state index contributed by atoms with van der Waals surface area (Å²) in [5.41, 5.74) is 2.91. The fourth-order valence-corrected chi connectivity index (χ4v) is 2.34. The summed E-state index contributed by atoms with van der Waals surface area (Å²) in [6, 6.07) is 10.7. The topological polar surface area (TPSA) is 54.6 Å². The molecule has 0 fully saturated rings. The molecular formula is C15H11ClN2O2. The lowest BCUT2D eigenvalue weighted by Crippen LogP contribution is -2.03. The van der Waals surface area contributed by atoms with Crippen LogP contribution in [0.1, 0.15) is 16.1 Å². The van der Waals surface area contributed by atoms with Crippen LogP contribution in [0.3, 0.4) is 0 Å². The Labute approximate surface area is 120 Å². The Morgan fingerprint density at radius 2 is 1.95 bits per heavy atom. The van der Waals surface area contributed by atoms with Gasteiger partial charge < -0.3 is 5.11 Å². The average molecular weight is 287 g/mol. The molecule has 0 atom stereocenters. The van der Waals surface area contributed by atoms with Gasteiger partial charge in [-0.15, -0.1) is 0 Å². The van der Waals surface area contributed by atoms with Crippen molar-refractivity contribution in [3.05, 3.63) is 58.9 Å². The maximum absolute atomic E-state index is 11.6. The lowest BCUT2D eigenvalue weighted by atomic mass is 10.1. The van der Waals surface area contributed by atoms with Gasteiger partial charge in [0.2, 0.25) is 0 Å². The van der Waals surface area contributed by atoms with Crippen LogP contribution in [0.25, 0.3) is 16.9 Å². The number of imidazole rings is 1. The smallest absolute Gasteiger partial charge is 0.355 e.